The van der Waals surface area contributed by atoms with E-state index in [0.717, 1.165) is 22.5 Å². The second-order valence-electron chi connectivity index (χ2n) is 5.00. The molecule has 104 valence electrons. The summed E-state index contributed by atoms with van der Waals surface area (Å²) >= 11 is 0. The Balaban J connectivity index is 2.36. The Hall–Kier alpha value is -2.29. The minimum Gasteiger partial charge on any atom is -0.387 e. The predicted molar refractivity (Wildman–Crippen MR) is 84.6 cm³/mol. The lowest BCUT2D eigenvalue weighted by molar-refractivity contribution is 0.0994. The molecule has 3 heteroatoms. The van der Waals surface area contributed by atoms with Crippen LogP contribution in [0.15, 0.2) is 42.5 Å². The zero-order chi connectivity index (χ0) is 14.7. The van der Waals surface area contributed by atoms with E-state index >= 15 is 0 Å². The van der Waals surface area contributed by atoms with E-state index < -0.39 is 0 Å². The van der Waals surface area contributed by atoms with E-state index in [2.05, 4.69) is 5.32 Å². The van der Waals surface area contributed by atoms with Crippen molar-refractivity contribution >= 4 is 17.3 Å². The van der Waals surface area contributed by atoms with E-state index in [1.807, 2.05) is 63.4 Å². The van der Waals surface area contributed by atoms with E-state index in [4.69, 9.17) is 0 Å². The summed E-state index contributed by atoms with van der Waals surface area (Å²) in [6.45, 7) is 4.03. The van der Waals surface area contributed by atoms with Gasteiger partial charge in [-0.2, -0.15) is 0 Å². The largest absolute Gasteiger partial charge is 0.387 e. The second-order valence-corrected chi connectivity index (χ2v) is 5.00. The highest BCUT2D eigenvalue weighted by Crippen LogP contribution is 2.22. The van der Waals surface area contributed by atoms with Gasteiger partial charge in [-0.3, -0.25) is 4.79 Å². The highest BCUT2D eigenvalue weighted by atomic mass is 16.2. The van der Waals surface area contributed by atoms with Crippen LogP contribution in [0.5, 0.6) is 0 Å². The zero-order valence-corrected chi connectivity index (χ0v) is 12.4. The van der Waals surface area contributed by atoms with Crippen LogP contribution in [0.1, 0.15) is 21.5 Å². The van der Waals surface area contributed by atoms with Crippen LogP contribution in [0.4, 0.5) is 11.4 Å². The second kappa shape index (κ2) is 5.78. The summed E-state index contributed by atoms with van der Waals surface area (Å²) in [6, 6.07) is 13.7. The summed E-state index contributed by atoms with van der Waals surface area (Å²) in [7, 11) is 3.63. The van der Waals surface area contributed by atoms with Crippen molar-refractivity contribution in [1.29, 1.82) is 0 Å². The first-order valence-electron chi connectivity index (χ1n) is 6.66. The molecule has 0 fully saturated rings. The van der Waals surface area contributed by atoms with Gasteiger partial charge in [-0.25, -0.2) is 0 Å². The average Bonchev–Trinajstić information content (AvgIpc) is 2.45. The molecule has 0 unspecified atom stereocenters. The monoisotopic (exact) mass is 268 g/mol. The molecule has 1 amide bonds. The number of hydrogen-bond acceptors (Lipinski definition) is 2. The number of rotatable bonds is 3. The predicted octanol–water partition coefficient (Wildman–Crippen LogP) is 3.62. The van der Waals surface area contributed by atoms with Crippen molar-refractivity contribution in [2.75, 3.05) is 24.3 Å². The number of carbonyl (C=O) groups is 1. The maximum atomic E-state index is 12.6. The molecule has 1 N–H and O–H groups in total. The minimum absolute atomic E-state index is 0.0139. The number of nitrogens with one attached hydrogen (secondary N) is 1. The fraction of sp³-hybridized carbons (Fsp3) is 0.235. The first-order chi connectivity index (χ1) is 9.52. The van der Waals surface area contributed by atoms with Crippen LogP contribution in [0.2, 0.25) is 0 Å². The van der Waals surface area contributed by atoms with Crippen LogP contribution in [-0.2, 0) is 0 Å². The summed E-state index contributed by atoms with van der Waals surface area (Å²) in [5.74, 6) is -0.0139. The molecule has 2 aromatic rings. The summed E-state index contributed by atoms with van der Waals surface area (Å²) in [5.41, 5.74) is 4.71. The van der Waals surface area contributed by atoms with Crippen LogP contribution >= 0.6 is 0 Å². The van der Waals surface area contributed by atoms with Gasteiger partial charge in [0, 0.05) is 25.5 Å². The highest BCUT2D eigenvalue weighted by molar-refractivity contribution is 6.09. The standard InChI is InChI=1S/C17H20N2O/c1-12-6-5-7-14(10-12)19(4)17(20)15-9-8-13(2)11-16(15)18-3/h5-11,18H,1-4H3. The number of amides is 1. The van der Waals surface area contributed by atoms with Crippen molar-refractivity contribution < 1.29 is 4.79 Å². The number of anilines is 2. The summed E-state index contributed by atoms with van der Waals surface area (Å²) < 4.78 is 0. The Bertz CT molecular complexity index is 635. The third-order valence-corrected chi connectivity index (χ3v) is 3.37. The van der Waals surface area contributed by atoms with Crippen molar-refractivity contribution in [2.24, 2.45) is 0 Å². The van der Waals surface area contributed by atoms with Gasteiger partial charge in [0.15, 0.2) is 0 Å². The lowest BCUT2D eigenvalue weighted by Gasteiger charge is -2.20. The maximum Gasteiger partial charge on any atom is 0.260 e. The van der Waals surface area contributed by atoms with Crippen molar-refractivity contribution in [3.8, 4) is 0 Å². The van der Waals surface area contributed by atoms with Gasteiger partial charge in [-0.1, -0.05) is 18.2 Å². The molecule has 3 nitrogen and oxygen atoms in total. The molecule has 0 aromatic heterocycles. The molecule has 0 aliphatic heterocycles. The number of hydrogen-bond donors (Lipinski definition) is 1. The van der Waals surface area contributed by atoms with Crippen LogP contribution in [0.25, 0.3) is 0 Å². The highest BCUT2D eigenvalue weighted by Gasteiger charge is 2.16. The molecule has 0 spiro atoms. The van der Waals surface area contributed by atoms with E-state index in [-0.39, 0.29) is 5.91 Å². The van der Waals surface area contributed by atoms with E-state index in [1.165, 1.54) is 0 Å². The lowest BCUT2D eigenvalue weighted by Crippen LogP contribution is -2.27. The van der Waals surface area contributed by atoms with Crippen molar-refractivity contribution in [3.63, 3.8) is 0 Å². The first-order valence-corrected chi connectivity index (χ1v) is 6.66. The summed E-state index contributed by atoms with van der Waals surface area (Å²) in [4.78, 5) is 14.3. The van der Waals surface area contributed by atoms with E-state index in [1.54, 1.807) is 11.9 Å². The maximum absolute atomic E-state index is 12.6. The molecular weight excluding hydrogens is 248 g/mol. The SMILES string of the molecule is CNc1cc(C)ccc1C(=O)N(C)c1cccc(C)c1. The molecule has 0 aliphatic rings. The smallest absolute Gasteiger partial charge is 0.260 e. The Labute approximate surface area is 120 Å². The molecule has 0 saturated heterocycles. The minimum atomic E-state index is -0.0139. The molecule has 20 heavy (non-hydrogen) atoms. The van der Waals surface area contributed by atoms with Crippen LogP contribution in [0, 0.1) is 13.8 Å². The van der Waals surface area contributed by atoms with Crippen molar-refractivity contribution in [3.05, 3.63) is 59.2 Å². The van der Waals surface area contributed by atoms with Crippen LogP contribution in [0.3, 0.4) is 0 Å². The summed E-state index contributed by atoms with van der Waals surface area (Å²) in [5, 5.41) is 3.09. The van der Waals surface area contributed by atoms with Gasteiger partial charge in [0.1, 0.15) is 0 Å². The molecule has 0 atom stereocenters. The van der Waals surface area contributed by atoms with E-state index in [9.17, 15) is 4.79 Å². The fourth-order valence-corrected chi connectivity index (χ4v) is 2.19. The molecule has 0 bridgehead atoms. The Kier molecular flexibility index (Phi) is 4.08. The molecule has 0 heterocycles. The quantitative estimate of drug-likeness (QED) is 0.922. The lowest BCUT2D eigenvalue weighted by atomic mass is 10.1. The molecule has 2 rings (SSSR count). The van der Waals surface area contributed by atoms with Gasteiger partial charge in [-0.15, -0.1) is 0 Å². The third-order valence-electron chi connectivity index (χ3n) is 3.37. The molecule has 0 aliphatic carbocycles. The van der Waals surface area contributed by atoms with Gasteiger partial charge in [0.05, 0.1) is 5.56 Å². The van der Waals surface area contributed by atoms with Gasteiger partial charge in [-0.05, 0) is 49.2 Å². The first kappa shape index (κ1) is 14.1. The third kappa shape index (κ3) is 2.82. The van der Waals surface area contributed by atoms with Gasteiger partial charge in [0.25, 0.3) is 5.91 Å². The van der Waals surface area contributed by atoms with Gasteiger partial charge >= 0.3 is 0 Å². The van der Waals surface area contributed by atoms with Crippen LogP contribution < -0.4 is 10.2 Å². The Morgan fingerprint density at radius 3 is 2.40 bits per heavy atom. The molecule has 0 radical (unpaired) electrons. The number of aryl methyl sites for hydroxylation is 2. The topological polar surface area (TPSA) is 32.3 Å². The van der Waals surface area contributed by atoms with Crippen LogP contribution in [-0.4, -0.2) is 20.0 Å². The van der Waals surface area contributed by atoms with Gasteiger partial charge < -0.3 is 10.2 Å². The Morgan fingerprint density at radius 2 is 1.75 bits per heavy atom. The molecule has 2 aromatic carbocycles. The summed E-state index contributed by atoms with van der Waals surface area (Å²) in [6.07, 6.45) is 0. The van der Waals surface area contributed by atoms with E-state index in [0.29, 0.717) is 5.56 Å². The van der Waals surface area contributed by atoms with Gasteiger partial charge in [0.2, 0.25) is 0 Å². The molecule has 0 saturated carbocycles. The number of carbonyl (C=O) groups excluding carboxylic acids is 1. The van der Waals surface area contributed by atoms with Crippen molar-refractivity contribution in [2.45, 2.75) is 13.8 Å². The Morgan fingerprint density at radius 1 is 1.05 bits per heavy atom. The normalized spacial score (nSPS) is 10.2. The fourth-order valence-electron chi connectivity index (χ4n) is 2.19. The number of benzene rings is 2. The molecular formula is C17H20N2O. The van der Waals surface area contributed by atoms with Crippen molar-refractivity contribution in [1.82, 2.24) is 0 Å². The average molecular weight is 268 g/mol. The zero-order valence-electron chi connectivity index (χ0n) is 12.4. The number of nitrogens with zero attached hydrogens (tertiary/aromatic N) is 1.